The van der Waals surface area contributed by atoms with E-state index in [1.165, 1.54) is 18.4 Å². The Morgan fingerprint density at radius 3 is 2.65 bits per heavy atom. The Kier molecular flexibility index (Phi) is 4.19. The molecule has 0 saturated heterocycles. The van der Waals surface area contributed by atoms with Gasteiger partial charge in [-0.2, -0.15) is 0 Å². The molecule has 0 aromatic carbocycles. The molecule has 0 saturated carbocycles. The van der Waals surface area contributed by atoms with Gasteiger partial charge in [0.2, 0.25) is 0 Å². The summed E-state index contributed by atoms with van der Waals surface area (Å²) in [5.74, 6) is 1.13. The van der Waals surface area contributed by atoms with Gasteiger partial charge in [0, 0.05) is 11.8 Å². The number of fused-ring (bicyclic) bond motifs is 1. The van der Waals surface area contributed by atoms with Crippen LogP contribution in [0.15, 0.2) is 59.8 Å². The first-order valence-corrected chi connectivity index (χ1v) is 6.79. The minimum absolute atomic E-state index is 0.564. The predicted octanol–water partition coefficient (Wildman–Crippen LogP) is 4.98. The third-order valence-corrected chi connectivity index (χ3v) is 3.49. The fourth-order valence-electron chi connectivity index (χ4n) is 2.72. The summed E-state index contributed by atoms with van der Waals surface area (Å²) in [6, 6.07) is 0. The molecule has 2 aliphatic carbocycles. The van der Waals surface area contributed by atoms with Crippen molar-refractivity contribution in [3.05, 3.63) is 59.8 Å². The number of allylic oxidation sites excluding steroid dienone is 10. The third kappa shape index (κ3) is 2.69. The second-order valence-electron chi connectivity index (χ2n) is 4.77. The maximum atomic E-state index is 2.40. The molecule has 0 nitrogen and oxygen atoms in total. The van der Waals surface area contributed by atoms with Gasteiger partial charge in [-0.3, -0.25) is 0 Å². The Morgan fingerprint density at radius 2 is 1.88 bits per heavy atom. The van der Waals surface area contributed by atoms with Crippen LogP contribution in [-0.4, -0.2) is 0 Å². The largest absolute Gasteiger partial charge is 0.0813 e. The SMILES string of the molecule is CC/C=C(\CCC)C1=CC=CC2C=CC=CC12. The highest BCUT2D eigenvalue weighted by Crippen LogP contribution is 2.36. The second kappa shape index (κ2) is 5.86. The van der Waals surface area contributed by atoms with Crippen LogP contribution in [0.4, 0.5) is 0 Å². The van der Waals surface area contributed by atoms with E-state index in [2.05, 4.69) is 62.5 Å². The molecule has 2 unspecified atom stereocenters. The van der Waals surface area contributed by atoms with Crippen LogP contribution in [0.25, 0.3) is 0 Å². The van der Waals surface area contributed by atoms with Crippen LogP contribution in [0.5, 0.6) is 0 Å². The molecule has 0 bridgehead atoms. The van der Waals surface area contributed by atoms with E-state index in [4.69, 9.17) is 0 Å². The Hall–Kier alpha value is -1.30. The molecular formula is C17H22. The molecule has 0 N–H and O–H groups in total. The van der Waals surface area contributed by atoms with Crippen molar-refractivity contribution in [1.82, 2.24) is 0 Å². The Bertz CT molecular complexity index is 402. The van der Waals surface area contributed by atoms with Crippen molar-refractivity contribution >= 4 is 0 Å². The summed E-state index contributed by atoms with van der Waals surface area (Å²) in [5.41, 5.74) is 3.08. The monoisotopic (exact) mass is 226 g/mol. The van der Waals surface area contributed by atoms with Crippen molar-refractivity contribution in [2.75, 3.05) is 0 Å². The molecular weight excluding hydrogens is 204 g/mol. The lowest BCUT2D eigenvalue weighted by molar-refractivity contribution is 0.621. The summed E-state index contributed by atoms with van der Waals surface area (Å²) in [6.07, 6.45) is 21.8. The van der Waals surface area contributed by atoms with Crippen molar-refractivity contribution < 1.29 is 0 Å². The van der Waals surface area contributed by atoms with Crippen molar-refractivity contribution in [2.24, 2.45) is 11.8 Å². The molecule has 0 amide bonds. The highest BCUT2D eigenvalue weighted by atomic mass is 14.3. The lowest BCUT2D eigenvalue weighted by atomic mass is 9.76. The maximum Gasteiger partial charge on any atom is 0.0121 e. The van der Waals surface area contributed by atoms with E-state index in [0.29, 0.717) is 11.8 Å². The lowest BCUT2D eigenvalue weighted by Gasteiger charge is -2.28. The molecule has 90 valence electrons. The molecule has 0 aromatic rings. The Balaban J connectivity index is 2.27. The Labute approximate surface area is 105 Å². The van der Waals surface area contributed by atoms with Crippen LogP contribution in [-0.2, 0) is 0 Å². The van der Waals surface area contributed by atoms with E-state index in [9.17, 15) is 0 Å². The van der Waals surface area contributed by atoms with Crippen molar-refractivity contribution in [3.63, 3.8) is 0 Å². The zero-order valence-electron chi connectivity index (χ0n) is 10.9. The van der Waals surface area contributed by atoms with Gasteiger partial charge in [0.05, 0.1) is 0 Å². The highest BCUT2D eigenvalue weighted by Gasteiger charge is 2.23. The van der Waals surface area contributed by atoms with Crippen molar-refractivity contribution in [3.8, 4) is 0 Å². The smallest absolute Gasteiger partial charge is 0.0121 e. The van der Waals surface area contributed by atoms with Crippen molar-refractivity contribution in [2.45, 2.75) is 33.1 Å². The minimum atomic E-state index is 0.564. The first-order chi connectivity index (χ1) is 8.36. The molecule has 17 heavy (non-hydrogen) atoms. The maximum absolute atomic E-state index is 2.40. The second-order valence-corrected chi connectivity index (χ2v) is 4.77. The molecule has 0 radical (unpaired) electrons. The topological polar surface area (TPSA) is 0 Å². The van der Waals surface area contributed by atoms with E-state index in [1.807, 2.05) is 0 Å². The normalized spacial score (nSPS) is 26.9. The molecule has 0 heteroatoms. The van der Waals surface area contributed by atoms with E-state index in [0.717, 1.165) is 6.42 Å². The van der Waals surface area contributed by atoms with Crippen LogP contribution in [0.2, 0.25) is 0 Å². The number of hydrogen-bond acceptors (Lipinski definition) is 0. The van der Waals surface area contributed by atoms with Gasteiger partial charge in [-0.05, 0) is 24.0 Å². The Morgan fingerprint density at radius 1 is 1.12 bits per heavy atom. The van der Waals surface area contributed by atoms with Crippen molar-refractivity contribution in [1.29, 1.82) is 0 Å². The molecule has 0 aromatic heterocycles. The fraction of sp³-hybridized carbons (Fsp3) is 0.412. The average Bonchev–Trinajstić information content (AvgIpc) is 2.38. The van der Waals surface area contributed by atoms with Crippen LogP contribution in [0, 0.1) is 11.8 Å². The standard InChI is InChI=1S/C17H22/c1-3-8-14(9-4-2)17-13-7-11-15-10-5-6-12-16(15)17/h5-8,10-13,15-16H,3-4,9H2,1-2H3/b14-8+. The fourth-order valence-corrected chi connectivity index (χ4v) is 2.72. The van der Waals surface area contributed by atoms with Crippen LogP contribution < -0.4 is 0 Å². The zero-order valence-corrected chi connectivity index (χ0v) is 10.9. The quantitative estimate of drug-likeness (QED) is 0.634. The first kappa shape index (κ1) is 12.2. The van der Waals surface area contributed by atoms with E-state index in [1.54, 1.807) is 5.57 Å². The van der Waals surface area contributed by atoms with E-state index in [-0.39, 0.29) is 0 Å². The van der Waals surface area contributed by atoms with Gasteiger partial charge < -0.3 is 0 Å². The summed E-state index contributed by atoms with van der Waals surface area (Å²) in [5, 5.41) is 0. The summed E-state index contributed by atoms with van der Waals surface area (Å²) < 4.78 is 0. The summed E-state index contributed by atoms with van der Waals surface area (Å²) in [7, 11) is 0. The number of rotatable bonds is 4. The van der Waals surface area contributed by atoms with Gasteiger partial charge in [-0.15, -0.1) is 0 Å². The lowest BCUT2D eigenvalue weighted by Crippen LogP contribution is -2.17. The summed E-state index contributed by atoms with van der Waals surface area (Å²) >= 11 is 0. The van der Waals surface area contributed by atoms with E-state index >= 15 is 0 Å². The molecule has 0 aliphatic heterocycles. The summed E-state index contributed by atoms with van der Waals surface area (Å²) in [6.45, 7) is 4.49. The molecule has 0 fully saturated rings. The number of hydrogen-bond donors (Lipinski definition) is 0. The van der Waals surface area contributed by atoms with Gasteiger partial charge in [-0.25, -0.2) is 0 Å². The van der Waals surface area contributed by atoms with E-state index < -0.39 is 0 Å². The highest BCUT2D eigenvalue weighted by molar-refractivity contribution is 5.44. The zero-order chi connectivity index (χ0) is 12.1. The van der Waals surface area contributed by atoms with Gasteiger partial charge in [0.25, 0.3) is 0 Å². The van der Waals surface area contributed by atoms with Crippen LogP contribution >= 0.6 is 0 Å². The molecule has 0 spiro atoms. The summed E-state index contributed by atoms with van der Waals surface area (Å²) in [4.78, 5) is 0. The molecule has 0 heterocycles. The first-order valence-electron chi connectivity index (χ1n) is 6.79. The van der Waals surface area contributed by atoms with Gasteiger partial charge in [-0.1, -0.05) is 68.9 Å². The molecule has 2 rings (SSSR count). The predicted molar refractivity (Wildman–Crippen MR) is 75.8 cm³/mol. The van der Waals surface area contributed by atoms with Gasteiger partial charge in [0.15, 0.2) is 0 Å². The van der Waals surface area contributed by atoms with Crippen LogP contribution in [0.1, 0.15) is 33.1 Å². The van der Waals surface area contributed by atoms with Crippen LogP contribution in [0.3, 0.4) is 0 Å². The van der Waals surface area contributed by atoms with Gasteiger partial charge >= 0.3 is 0 Å². The third-order valence-electron chi connectivity index (χ3n) is 3.49. The average molecular weight is 226 g/mol. The molecule has 2 atom stereocenters. The minimum Gasteiger partial charge on any atom is -0.0813 e. The molecule has 2 aliphatic rings. The van der Waals surface area contributed by atoms with Gasteiger partial charge in [0.1, 0.15) is 0 Å².